The van der Waals surface area contributed by atoms with Crippen LogP contribution in [-0.2, 0) is 4.79 Å². The molecule has 0 saturated heterocycles. The maximum absolute atomic E-state index is 13.1. The number of carboxylic acid groups (broad SMARTS) is 1. The Bertz CT molecular complexity index is 556. The van der Waals surface area contributed by atoms with Gasteiger partial charge < -0.3 is 10.4 Å². The van der Waals surface area contributed by atoms with Crippen LogP contribution in [0, 0.1) is 11.2 Å². The zero-order valence-electron chi connectivity index (χ0n) is 11.6. The maximum Gasteiger partial charge on any atom is 0.329 e. The molecule has 1 fully saturated rings. The first kappa shape index (κ1) is 14.5. The summed E-state index contributed by atoms with van der Waals surface area (Å²) in [5.41, 5.74) is -1.25. The molecule has 1 atom stereocenters. The molecule has 1 aromatic rings. The van der Waals surface area contributed by atoms with Crippen molar-refractivity contribution in [3.63, 3.8) is 0 Å². The predicted molar refractivity (Wildman–Crippen MR) is 71.9 cm³/mol. The molecule has 0 aromatic heterocycles. The number of rotatable bonds is 3. The van der Waals surface area contributed by atoms with Crippen molar-refractivity contribution < 1.29 is 19.1 Å². The van der Waals surface area contributed by atoms with E-state index >= 15 is 0 Å². The summed E-state index contributed by atoms with van der Waals surface area (Å²) in [5, 5.41) is 12.0. The summed E-state index contributed by atoms with van der Waals surface area (Å²) < 4.78 is 13.1. The third kappa shape index (κ3) is 2.81. The van der Waals surface area contributed by atoms with Gasteiger partial charge in [-0.25, -0.2) is 9.18 Å². The molecule has 0 radical (unpaired) electrons. The van der Waals surface area contributed by atoms with E-state index in [1.54, 1.807) is 0 Å². The van der Waals surface area contributed by atoms with Crippen LogP contribution in [0.1, 0.15) is 43.5 Å². The van der Waals surface area contributed by atoms with E-state index in [1.165, 1.54) is 18.2 Å². The molecule has 1 aromatic carbocycles. The van der Waals surface area contributed by atoms with Crippen molar-refractivity contribution in [2.75, 3.05) is 0 Å². The standard InChI is InChI=1S/C15H18FNO3/c1-14(2)6-7-15(9-14,13(19)20)17-12(18)10-4-3-5-11(16)8-10/h3-5,8H,6-7,9H2,1-2H3,(H,17,18)(H,19,20). The normalized spacial score (nSPS) is 24.4. The van der Waals surface area contributed by atoms with E-state index in [1.807, 2.05) is 13.8 Å². The van der Waals surface area contributed by atoms with Crippen LogP contribution in [0.4, 0.5) is 4.39 Å². The minimum atomic E-state index is -1.26. The first-order chi connectivity index (χ1) is 9.24. The molecule has 1 amide bonds. The molecule has 108 valence electrons. The van der Waals surface area contributed by atoms with Crippen molar-refractivity contribution in [1.29, 1.82) is 0 Å². The monoisotopic (exact) mass is 279 g/mol. The molecule has 2 N–H and O–H groups in total. The highest BCUT2D eigenvalue weighted by Gasteiger charge is 2.49. The van der Waals surface area contributed by atoms with Crippen LogP contribution < -0.4 is 5.32 Å². The zero-order chi connectivity index (χ0) is 15.0. The lowest BCUT2D eigenvalue weighted by Gasteiger charge is -2.27. The molecule has 1 unspecified atom stereocenters. The lowest BCUT2D eigenvalue weighted by molar-refractivity contribution is -0.144. The van der Waals surface area contributed by atoms with Gasteiger partial charge in [-0.15, -0.1) is 0 Å². The van der Waals surface area contributed by atoms with Crippen molar-refractivity contribution in [3.05, 3.63) is 35.6 Å². The third-order valence-corrected chi connectivity index (χ3v) is 3.86. The average Bonchev–Trinajstić information content (AvgIpc) is 2.66. The molecule has 0 heterocycles. The fourth-order valence-corrected chi connectivity index (χ4v) is 2.81. The quantitative estimate of drug-likeness (QED) is 0.893. The Morgan fingerprint density at radius 2 is 2.00 bits per heavy atom. The van der Waals surface area contributed by atoms with Crippen molar-refractivity contribution in [3.8, 4) is 0 Å². The van der Waals surface area contributed by atoms with Gasteiger partial charge in [0.15, 0.2) is 0 Å². The van der Waals surface area contributed by atoms with Crippen LogP contribution in [-0.4, -0.2) is 22.5 Å². The summed E-state index contributed by atoms with van der Waals surface area (Å²) in [5.74, 6) is -2.11. The third-order valence-electron chi connectivity index (χ3n) is 3.86. The lowest BCUT2D eigenvalue weighted by Crippen LogP contribution is -2.53. The molecule has 4 nitrogen and oxygen atoms in total. The fourth-order valence-electron chi connectivity index (χ4n) is 2.81. The van der Waals surface area contributed by atoms with Crippen LogP contribution in [0.5, 0.6) is 0 Å². The molecule has 5 heteroatoms. The lowest BCUT2D eigenvalue weighted by atomic mass is 9.87. The molecule has 1 saturated carbocycles. The average molecular weight is 279 g/mol. The second-order valence-electron chi connectivity index (χ2n) is 6.19. The minimum Gasteiger partial charge on any atom is -0.480 e. The smallest absolute Gasteiger partial charge is 0.329 e. The SMILES string of the molecule is CC1(C)CCC(NC(=O)c2cccc(F)c2)(C(=O)O)C1. The van der Waals surface area contributed by atoms with Gasteiger partial charge in [0.05, 0.1) is 0 Å². The Morgan fingerprint density at radius 1 is 1.30 bits per heavy atom. The van der Waals surface area contributed by atoms with Gasteiger partial charge in [0, 0.05) is 5.56 Å². The van der Waals surface area contributed by atoms with Gasteiger partial charge in [0.2, 0.25) is 0 Å². The first-order valence-corrected chi connectivity index (χ1v) is 6.56. The summed E-state index contributed by atoms with van der Waals surface area (Å²) in [6, 6.07) is 5.23. The van der Waals surface area contributed by atoms with Crippen LogP contribution in [0.15, 0.2) is 24.3 Å². The maximum atomic E-state index is 13.1. The molecule has 1 aliphatic rings. The Labute approximate surface area is 117 Å². The molecule has 1 aliphatic carbocycles. The van der Waals surface area contributed by atoms with Gasteiger partial charge in [-0.2, -0.15) is 0 Å². The number of amides is 1. The summed E-state index contributed by atoms with van der Waals surface area (Å²) >= 11 is 0. The summed E-state index contributed by atoms with van der Waals surface area (Å²) in [7, 11) is 0. The van der Waals surface area contributed by atoms with E-state index in [0.29, 0.717) is 12.8 Å². The van der Waals surface area contributed by atoms with Gasteiger partial charge in [0.1, 0.15) is 11.4 Å². The number of aliphatic carboxylic acids is 1. The second kappa shape index (κ2) is 4.89. The number of carbonyl (C=O) groups excluding carboxylic acids is 1. The minimum absolute atomic E-state index is 0.131. The van der Waals surface area contributed by atoms with E-state index < -0.39 is 23.2 Å². The van der Waals surface area contributed by atoms with E-state index in [2.05, 4.69) is 5.32 Å². The van der Waals surface area contributed by atoms with Crippen molar-refractivity contribution in [1.82, 2.24) is 5.32 Å². The zero-order valence-corrected chi connectivity index (χ0v) is 11.6. The van der Waals surface area contributed by atoms with Gasteiger partial charge in [-0.05, 0) is 42.9 Å². The topological polar surface area (TPSA) is 66.4 Å². The number of hydrogen-bond donors (Lipinski definition) is 2. The summed E-state index contributed by atoms with van der Waals surface area (Å²) in [6.45, 7) is 3.96. The molecule has 2 rings (SSSR count). The van der Waals surface area contributed by atoms with Gasteiger partial charge in [-0.1, -0.05) is 19.9 Å². The van der Waals surface area contributed by atoms with Crippen LogP contribution in [0.25, 0.3) is 0 Å². The molecule has 0 bridgehead atoms. The van der Waals surface area contributed by atoms with E-state index in [4.69, 9.17) is 0 Å². The molecular formula is C15H18FNO3. The number of carbonyl (C=O) groups is 2. The van der Waals surface area contributed by atoms with Crippen LogP contribution in [0.2, 0.25) is 0 Å². The highest BCUT2D eigenvalue weighted by Crippen LogP contribution is 2.43. The van der Waals surface area contributed by atoms with Gasteiger partial charge in [0.25, 0.3) is 5.91 Å². The van der Waals surface area contributed by atoms with Crippen molar-refractivity contribution in [2.24, 2.45) is 5.41 Å². The predicted octanol–water partition coefficient (Wildman–Crippen LogP) is 2.59. The Morgan fingerprint density at radius 3 is 2.50 bits per heavy atom. The Kier molecular flexibility index (Phi) is 3.54. The van der Waals surface area contributed by atoms with E-state index in [0.717, 1.165) is 12.5 Å². The number of benzene rings is 1. The van der Waals surface area contributed by atoms with Crippen LogP contribution >= 0.6 is 0 Å². The van der Waals surface area contributed by atoms with E-state index in [-0.39, 0.29) is 11.0 Å². The Balaban J connectivity index is 2.22. The second-order valence-corrected chi connectivity index (χ2v) is 6.19. The first-order valence-electron chi connectivity index (χ1n) is 6.56. The summed E-state index contributed by atoms with van der Waals surface area (Å²) in [4.78, 5) is 23.7. The van der Waals surface area contributed by atoms with Crippen molar-refractivity contribution in [2.45, 2.75) is 38.6 Å². The molecule has 0 aliphatic heterocycles. The van der Waals surface area contributed by atoms with Gasteiger partial charge in [-0.3, -0.25) is 4.79 Å². The number of carboxylic acids is 1. The van der Waals surface area contributed by atoms with Gasteiger partial charge >= 0.3 is 5.97 Å². The van der Waals surface area contributed by atoms with E-state index in [9.17, 15) is 19.1 Å². The van der Waals surface area contributed by atoms with Crippen molar-refractivity contribution >= 4 is 11.9 Å². The fraction of sp³-hybridized carbons (Fsp3) is 0.467. The highest BCUT2D eigenvalue weighted by atomic mass is 19.1. The largest absolute Gasteiger partial charge is 0.480 e. The summed E-state index contributed by atoms with van der Waals surface area (Å²) in [6.07, 6.45) is 1.48. The number of hydrogen-bond acceptors (Lipinski definition) is 2. The molecule has 20 heavy (non-hydrogen) atoms. The number of nitrogens with one attached hydrogen (secondary N) is 1. The number of halogens is 1. The molecule has 0 spiro atoms. The highest BCUT2D eigenvalue weighted by molar-refractivity contribution is 5.98. The van der Waals surface area contributed by atoms with Crippen LogP contribution in [0.3, 0.4) is 0 Å². The Hall–Kier alpha value is -1.91. The molecular weight excluding hydrogens is 261 g/mol.